The predicted octanol–water partition coefficient (Wildman–Crippen LogP) is 3.80. The van der Waals surface area contributed by atoms with Crippen LogP contribution in [0.2, 0.25) is 0 Å². The van der Waals surface area contributed by atoms with Crippen LogP contribution in [0.4, 0.5) is 0 Å². The van der Waals surface area contributed by atoms with Crippen molar-refractivity contribution in [2.75, 3.05) is 19.6 Å². The minimum atomic E-state index is 0.342. The number of rotatable bonds is 7. The molecule has 0 aromatic carbocycles. The number of hydrogen-bond donors (Lipinski definition) is 1. The molecule has 112 valence electrons. The maximum absolute atomic E-state index is 6.23. The molecule has 2 N–H and O–H groups in total. The molecule has 0 radical (unpaired) electrons. The third kappa shape index (κ3) is 3.52. The van der Waals surface area contributed by atoms with Crippen molar-refractivity contribution in [2.24, 2.45) is 17.6 Å². The highest BCUT2D eigenvalue weighted by atomic mass is 15.2. The lowest BCUT2D eigenvalue weighted by Crippen LogP contribution is -2.57. The number of nitrogens with zero attached hydrogens (tertiary/aromatic N) is 1. The highest BCUT2D eigenvalue weighted by Crippen LogP contribution is 2.39. The molecule has 2 saturated carbocycles. The van der Waals surface area contributed by atoms with Gasteiger partial charge in [-0.3, -0.25) is 4.90 Å². The van der Waals surface area contributed by atoms with E-state index in [1.54, 1.807) is 0 Å². The van der Waals surface area contributed by atoms with Gasteiger partial charge in [-0.1, -0.05) is 33.1 Å². The van der Waals surface area contributed by atoms with Gasteiger partial charge in [-0.05, 0) is 56.9 Å². The molecule has 0 aromatic rings. The average molecular weight is 266 g/mol. The Hall–Kier alpha value is -0.0800. The summed E-state index contributed by atoms with van der Waals surface area (Å²) in [6, 6.07) is 0. The van der Waals surface area contributed by atoms with Gasteiger partial charge >= 0.3 is 0 Å². The van der Waals surface area contributed by atoms with Gasteiger partial charge in [-0.2, -0.15) is 0 Å². The van der Waals surface area contributed by atoms with Crippen LogP contribution in [0.5, 0.6) is 0 Å². The lowest BCUT2D eigenvalue weighted by molar-refractivity contribution is 0.0218. The zero-order valence-electron chi connectivity index (χ0n) is 13.2. The van der Waals surface area contributed by atoms with Gasteiger partial charge in [0.15, 0.2) is 0 Å². The van der Waals surface area contributed by atoms with Gasteiger partial charge in [0.1, 0.15) is 0 Å². The van der Waals surface area contributed by atoms with Gasteiger partial charge in [-0.25, -0.2) is 0 Å². The summed E-state index contributed by atoms with van der Waals surface area (Å²) < 4.78 is 0. The Labute approximate surface area is 120 Å². The first kappa shape index (κ1) is 15.3. The average Bonchev–Trinajstić information content (AvgIpc) is 2.40. The molecule has 2 rings (SSSR count). The Kier molecular flexibility index (Phi) is 5.70. The monoisotopic (exact) mass is 266 g/mol. The Bertz CT molecular complexity index is 252. The largest absolute Gasteiger partial charge is 0.329 e. The molecule has 2 aliphatic carbocycles. The second-order valence-electron chi connectivity index (χ2n) is 7.00. The Morgan fingerprint density at radius 1 is 1.05 bits per heavy atom. The van der Waals surface area contributed by atoms with Crippen LogP contribution in [0.25, 0.3) is 0 Å². The van der Waals surface area contributed by atoms with Crippen LogP contribution in [0.3, 0.4) is 0 Å². The van der Waals surface area contributed by atoms with Crippen molar-refractivity contribution >= 4 is 0 Å². The van der Waals surface area contributed by atoms with Gasteiger partial charge in [0.05, 0.1) is 0 Å². The molecule has 2 heteroatoms. The first-order valence-electron chi connectivity index (χ1n) is 8.69. The molecule has 0 amide bonds. The molecule has 2 nitrogen and oxygen atoms in total. The van der Waals surface area contributed by atoms with Gasteiger partial charge in [0.2, 0.25) is 0 Å². The smallest absolute Gasteiger partial charge is 0.0331 e. The Morgan fingerprint density at radius 3 is 2.16 bits per heavy atom. The molecule has 0 atom stereocenters. The van der Waals surface area contributed by atoms with Crippen LogP contribution >= 0.6 is 0 Å². The quantitative estimate of drug-likeness (QED) is 0.759. The number of likely N-dealkylation sites (N-methyl/N-ethyl adjacent to an activating group) is 1. The molecule has 0 spiro atoms. The standard InChI is InChI=1S/C17H34N2/c1-3-6-15-9-11-17(14-18,12-10-15)19(4-2)13-16-7-5-8-16/h15-16H,3-14,18H2,1-2H3. The second-order valence-corrected chi connectivity index (χ2v) is 7.00. The van der Waals surface area contributed by atoms with Crippen LogP contribution in [0.15, 0.2) is 0 Å². The van der Waals surface area contributed by atoms with Crippen LogP contribution in [-0.2, 0) is 0 Å². The van der Waals surface area contributed by atoms with E-state index in [0.29, 0.717) is 5.54 Å². The summed E-state index contributed by atoms with van der Waals surface area (Å²) in [6.07, 6.45) is 12.6. The van der Waals surface area contributed by atoms with E-state index in [-0.39, 0.29) is 0 Å². The van der Waals surface area contributed by atoms with E-state index in [1.165, 1.54) is 70.9 Å². The summed E-state index contributed by atoms with van der Waals surface area (Å²) in [7, 11) is 0. The molecule has 2 fully saturated rings. The van der Waals surface area contributed by atoms with Crippen molar-refractivity contribution in [1.29, 1.82) is 0 Å². The SMILES string of the molecule is CCCC1CCC(CN)(N(CC)CC2CCC2)CC1. The lowest BCUT2D eigenvalue weighted by Gasteiger charge is -2.49. The van der Waals surface area contributed by atoms with E-state index in [4.69, 9.17) is 5.73 Å². The maximum Gasteiger partial charge on any atom is 0.0331 e. The molecule has 0 unspecified atom stereocenters. The third-order valence-corrected chi connectivity index (χ3v) is 5.87. The van der Waals surface area contributed by atoms with Crippen LogP contribution in [0, 0.1) is 11.8 Å². The van der Waals surface area contributed by atoms with E-state index >= 15 is 0 Å². The molecule has 0 heterocycles. The molecule has 0 saturated heterocycles. The predicted molar refractivity (Wildman–Crippen MR) is 83.2 cm³/mol. The van der Waals surface area contributed by atoms with E-state index < -0.39 is 0 Å². The second kappa shape index (κ2) is 7.08. The fraction of sp³-hybridized carbons (Fsp3) is 1.00. The summed E-state index contributed by atoms with van der Waals surface area (Å²) in [4.78, 5) is 2.75. The molecule has 0 aromatic heterocycles. The van der Waals surface area contributed by atoms with E-state index in [0.717, 1.165) is 18.4 Å². The minimum Gasteiger partial charge on any atom is -0.329 e. The fourth-order valence-corrected chi connectivity index (χ4v) is 4.21. The van der Waals surface area contributed by atoms with Gasteiger partial charge in [0.25, 0.3) is 0 Å². The molecule has 2 aliphatic rings. The van der Waals surface area contributed by atoms with Crippen molar-refractivity contribution < 1.29 is 0 Å². The zero-order chi connectivity index (χ0) is 13.7. The molecule has 0 aliphatic heterocycles. The van der Waals surface area contributed by atoms with Crippen molar-refractivity contribution in [2.45, 2.75) is 77.2 Å². The summed E-state index contributed by atoms with van der Waals surface area (Å²) in [6.45, 7) is 8.01. The van der Waals surface area contributed by atoms with Crippen molar-refractivity contribution in [1.82, 2.24) is 4.90 Å². The van der Waals surface area contributed by atoms with E-state index in [2.05, 4.69) is 18.7 Å². The Morgan fingerprint density at radius 2 is 1.74 bits per heavy atom. The maximum atomic E-state index is 6.23. The summed E-state index contributed by atoms with van der Waals surface area (Å²) >= 11 is 0. The Balaban J connectivity index is 1.92. The highest BCUT2D eigenvalue weighted by molar-refractivity contribution is 4.96. The molecular formula is C17H34N2. The minimum absolute atomic E-state index is 0.342. The molecule has 19 heavy (non-hydrogen) atoms. The third-order valence-electron chi connectivity index (χ3n) is 5.87. The number of nitrogens with two attached hydrogens (primary N) is 1. The summed E-state index contributed by atoms with van der Waals surface area (Å²) in [5.41, 5.74) is 6.57. The summed E-state index contributed by atoms with van der Waals surface area (Å²) in [5, 5.41) is 0. The molecule has 0 bridgehead atoms. The first-order chi connectivity index (χ1) is 9.24. The van der Waals surface area contributed by atoms with Crippen molar-refractivity contribution in [3.05, 3.63) is 0 Å². The van der Waals surface area contributed by atoms with E-state index in [9.17, 15) is 0 Å². The van der Waals surface area contributed by atoms with Crippen LogP contribution in [-0.4, -0.2) is 30.1 Å². The van der Waals surface area contributed by atoms with Gasteiger partial charge < -0.3 is 5.73 Å². The first-order valence-corrected chi connectivity index (χ1v) is 8.69. The van der Waals surface area contributed by atoms with E-state index in [1.807, 2.05) is 0 Å². The summed E-state index contributed by atoms with van der Waals surface area (Å²) in [5.74, 6) is 1.95. The number of hydrogen-bond acceptors (Lipinski definition) is 2. The highest BCUT2D eigenvalue weighted by Gasteiger charge is 2.39. The van der Waals surface area contributed by atoms with Gasteiger partial charge in [-0.15, -0.1) is 0 Å². The topological polar surface area (TPSA) is 29.3 Å². The van der Waals surface area contributed by atoms with Crippen LogP contribution in [0.1, 0.15) is 71.6 Å². The van der Waals surface area contributed by atoms with Crippen molar-refractivity contribution in [3.63, 3.8) is 0 Å². The lowest BCUT2D eigenvalue weighted by atomic mass is 9.73. The van der Waals surface area contributed by atoms with Crippen molar-refractivity contribution in [3.8, 4) is 0 Å². The zero-order valence-corrected chi connectivity index (χ0v) is 13.2. The fourth-order valence-electron chi connectivity index (χ4n) is 4.21. The van der Waals surface area contributed by atoms with Gasteiger partial charge in [0, 0.05) is 18.6 Å². The van der Waals surface area contributed by atoms with Crippen LogP contribution < -0.4 is 5.73 Å². The molecular weight excluding hydrogens is 232 g/mol. The normalized spacial score (nSPS) is 32.5.